The lowest BCUT2D eigenvalue weighted by molar-refractivity contribution is 0.101. The van der Waals surface area contributed by atoms with Gasteiger partial charge in [0.05, 0.1) is 11.3 Å². The fourth-order valence-corrected chi connectivity index (χ4v) is 2.95. The average Bonchev–Trinajstić information content (AvgIpc) is 2.46. The zero-order valence-corrected chi connectivity index (χ0v) is 11.9. The normalized spacial score (nSPS) is 17.6. The van der Waals surface area contributed by atoms with Crippen LogP contribution in [0, 0.1) is 6.92 Å². The number of aryl methyl sites for hydroxylation is 2. The highest BCUT2D eigenvalue weighted by Gasteiger charge is 2.22. The van der Waals surface area contributed by atoms with Crippen LogP contribution in [0.3, 0.4) is 0 Å². The average molecular weight is 266 g/mol. The van der Waals surface area contributed by atoms with Gasteiger partial charge in [-0.15, -0.1) is 0 Å². The first-order valence-electron chi connectivity index (χ1n) is 7.06. The van der Waals surface area contributed by atoms with Crippen LogP contribution in [0.4, 0.5) is 0 Å². The molecule has 1 unspecified atom stereocenters. The van der Waals surface area contributed by atoms with E-state index in [2.05, 4.69) is 34.2 Å². The fraction of sp³-hybridized carbons (Fsp3) is 0.353. The number of hydrogen-bond acceptors (Lipinski definition) is 3. The summed E-state index contributed by atoms with van der Waals surface area (Å²) in [6.45, 7) is 3.45. The number of carbonyl (C=O) groups is 1. The highest BCUT2D eigenvalue weighted by atomic mass is 16.1. The summed E-state index contributed by atoms with van der Waals surface area (Å²) >= 11 is 0. The van der Waals surface area contributed by atoms with E-state index in [0.29, 0.717) is 11.5 Å². The third-order valence-corrected chi connectivity index (χ3v) is 4.09. The topological polar surface area (TPSA) is 42.9 Å². The lowest BCUT2D eigenvalue weighted by Crippen LogP contribution is -2.16. The van der Waals surface area contributed by atoms with Crippen molar-refractivity contribution in [2.75, 3.05) is 0 Å². The van der Waals surface area contributed by atoms with E-state index in [4.69, 9.17) is 0 Å². The van der Waals surface area contributed by atoms with Gasteiger partial charge >= 0.3 is 0 Å². The maximum absolute atomic E-state index is 11.4. The highest BCUT2D eigenvalue weighted by Crippen LogP contribution is 2.31. The molecule has 1 aromatic carbocycles. The van der Waals surface area contributed by atoms with Crippen LogP contribution < -0.4 is 0 Å². The second-order valence-corrected chi connectivity index (χ2v) is 5.49. The van der Waals surface area contributed by atoms with Crippen molar-refractivity contribution in [2.24, 2.45) is 0 Å². The summed E-state index contributed by atoms with van der Waals surface area (Å²) < 4.78 is 0. The van der Waals surface area contributed by atoms with Crippen LogP contribution in [0.15, 0.2) is 30.5 Å². The van der Waals surface area contributed by atoms with E-state index in [1.807, 2.05) is 6.92 Å². The van der Waals surface area contributed by atoms with E-state index >= 15 is 0 Å². The van der Waals surface area contributed by atoms with Gasteiger partial charge in [-0.2, -0.15) is 0 Å². The molecule has 3 heteroatoms. The van der Waals surface area contributed by atoms with Crippen LogP contribution >= 0.6 is 0 Å². The summed E-state index contributed by atoms with van der Waals surface area (Å²) in [4.78, 5) is 20.4. The molecule has 102 valence electrons. The molecule has 0 radical (unpaired) electrons. The summed E-state index contributed by atoms with van der Waals surface area (Å²) in [7, 11) is 0. The lowest BCUT2D eigenvalue weighted by atomic mass is 9.83. The van der Waals surface area contributed by atoms with Crippen molar-refractivity contribution < 1.29 is 4.79 Å². The quantitative estimate of drug-likeness (QED) is 0.784. The van der Waals surface area contributed by atoms with Gasteiger partial charge in [-0.3, -0.25) is 4.79 Å². The van der Waals surface area contributed by atoms with Crippen LogP contribution in [0.5, 0.6) is 0 Å². The van der Waals surface area contributed by atoms with Crippen LogP contribution in [-0.2, 0) is 12.8 Å². The summed E-state index contributed by atoms with van der Waals surface area (Å²) in [6, 6.07) is 8.59. The van der Waals surface area contributed by atoms with Gasteiger partial charge < -0.3 is 0 Å². The maximum atomic E-state index is 11.4. The molecule has 0 saturated heterocycles. The molecule has 1 aliphatic rings. The van der Waals surface area contributed by atoms with Gasteiger partial charge in [0.2, 0.25) is 0 Å². The monoisotopic (exact) mass is 266 g/mol. The molecule has 0 saturated carbocycles. The summed E-state index contributed by atoms with van der Waals surface area (Å²) in [5, 5.41) is 0. The minimum absolute atomic E-state index is 0.0306. The first kappa shape index (κ1) is 13.0. The maximum Gasteiger partial charge on any atom is 0.163 e. The Morgan fingerprint density at radius 2 is 2.00 bits per heavy atom. The summed E-state index contributed by atoms with van der Waals surface area (Å²) in [5.74, 6) is 1.27. The van der Waals surface area contributed by atoms with E-state index in [9.17, 15) is 4.79 Å². The fourth-order valence-electron chi connectivity index (χ4n) is 2.95. The van der Waals surface area contributed by atoms with Crippen LogP contribution in [-0.4, -0.2) is 15.8 Å². The number of rotatable bonds is 2. The largest absolute Gasteiger partial charge is 0.294 e. The van der Waals surface area contributed by atoms with E-state index in [1.165, 1.54) is 11.1 Å². The van der Waals surface area contributed by atoms with Crippen molar-refractivity contribution in [2.45, 2.75) is 39.0 Å². The van der Waals surface area contributed by atoms with Crippen molar-refractivity contribution in [1.29, 1.82) is 0 Å². The third kappa shape index (κ3) is 2.36. The number of hydrogen-bond donors (Lipinski definition) is 0. The Bertz CT molecular complexity index is 664. The van der Waals surface area contributed by atoms with E-state index in [1.54, 1.807) is 13.1 Å². The van der Waals surface area contributed by atoms with Crippen molar-refractivity contribution in [3.05, 3.63) is 58.7 Å². The van der Waals surface area contributed by atoms with Crippen LogP contribution in [0.25, 0.3) is 0 Å². The number of ketones is 1. The zero-order valence-electron chi connectivity index (χ0n) is 11.9. The number of Topliss-reactive ketones (excluding diaryl/α,β-unsaturated/α-hetero) is 1. The molecule has 3 nitrogen and oxygen atoms in total. The SMILES string of the molecule is CC(=O)c1cnc(C2CCc3ccccc3C2)nc1C. The molecule has 0 amide bonds. The number of fused-ring (bicyclic) bond motifs is 1. The zero-order chi connectivity index (χ0) is 14.1. The van der Waals surface area contributed by atoms with Crippen molar-refractivity contribution in [3.8, 4) is 0 Å². The molecule has 1 aromatic heterocycles. The molecular formula is C17H18N2O. The van der Waals surface area contributed by atoms with Gasteiger partial charge in [0, 0.05) is 12.1 Å². The standard InChI is InChI=1S/C17H18N2O/c1-11-16(12(2)20)10-18-17(19-11)15-8-7-13-5-3-4-6-14(13)9-15/h3-6,10,15H,7-9H2,1-2H3. The molecule has 0 spiro atoms. The second-order valence-electron chi connectivity index (χ2n) is 5.49. The van der Waals surface area contributed by atoms with E-state index < -0.39 is 0 Å². The number of benzene rings is 1. The van der Waals surface area contributed by atoms with Crippen LogP contribution in [0.2, 0.25) is 0 Å². The Kier molecular flexibility index (Phi) is 3.35. The van der Waals surface area contributed by atoms with Gasteiger partial charge in [-0.1, -0.05) is 24.3 Å². The van der Waals surface area contributed by atoms with Gasteiger partial charge in [0.15, 0.2) is 5.78 Å². The van der Waals surface area contributed by atoms with Crippen molar-refractivity contribution in [1.82, 2.24) is 9.97 Å². The molecule has 1 heterocycles. The molecule has 0 N–H and O–H groups in total. The first-order chi connectivity index (χ1) is 9.65. The molecule has 0 aliphatic heterocycles. The molecule has 3 rings (SSSR count). The summed E-state index contributed by atoms with van der Waals surface area (Å²) in [6.07, 6.45) is 4.84. The number of aromatic nitrogens is 2. The van der Waals surface area contributed by atoms with Crippen LogP contribution in [0.1, 0.15) is 52.3 Å². The molecule has 20 heavy (non-hydrogen) atoms. The Morgan fingerprint density at radius 1 is 1.25 bits per heavy atom. The number of carbonyl (C=O) groups excluding carboxylic acids is 1. The van der Waals surface area contributed by atoms with Gasteiger partial charge in [0.25, 0.3) is 0 Å². The highest BCUT2D eigenvalue weighted by molar-refractivity contribution is 5.94. The summed E-state index contributed by atoms with van der Waals surface area (Å²) in [5.41, 5.74) is 4.27. The Labute approximate surface area is 119 Å². The van der Waals surface area contributed by atoms with Crippen molar-refractivity contribution >= 4 is 5.78 Å². The minimum Gasteiger partial charge on any atom is -0.294 e. The molecule has 1 atom stereocenters. The first-order valence-corrected chi connectivity index (χ1v) is 7.06. The molecule has 0 fully saturated rings. The predicted octanol–water partition coefficient (Wildman–Crippen LogP) is 3.26. The van der Waals surface area contributed by atoms with Gasteiger partial charge in [-0.25, -0.2) is 9.97 Å². The Balaban J connectivity index is 1.88. The van der Waals surface area contributed by atoms with Crippen molar-refractivity contribution in [3.63, 3.8) is 0 Å². The van der Waals surface area contributed by atoms with E-state index in [-0.39, 0.29) is 5.78 Å². The van der Waals surface area contributed by atoms with Gasteiger partial charge in [-0.05, 0) is 44.2 Å². The molecular weight excluding hydrogens is 248 g/mol. The van der Waals surface area contributed by atoms with Gasteiger partial charge in [0.1, 0.15) is 5.82 Å². The third-order valence-electron chi connectivity index (χ3n) is 4.09. The van der Waals surface area contributed by atoms with E-state index in [0.717, 1.165) is 30.8 Å². The second kappa shape index (κ2) is 5.16. The Morgan fingerprint density at radius 3 is 2.70 bits per heavy atom. The lowest BCUT2D eigenvalue weighted by Gasteiger charge is -2.23. The molecule has 0 bridgehead atoms. The number of nitrogens with zero attached hydrogens (tertiary/aromatic N) is 2. The molecule has 1 aliphatic carbocycles. The minimum atomic E-state index is 0.0306. The molecule has 2 aromatic rings. The predicted molar refractivity (Wildman–Crippen MR) is 78.0 cm³/mol. The Hall–Kier alpha value is -2.03. The smallest absolute Gasteiger partial charge is 0.163 e.